The molecule has 1 aromatic carbocycles. The minimum Gasteiger partial charge on any atom is -0.461 e. The van der Waals surface area contributed by atoms with Gasteiger partial charge in [0, 0.05) is 32.7 Å². The molecule has 4 aliphatic rings. The van der Waals surface area contributed by atoms with Crippen molar-refractivity contribution in [3.05, 3.63) is 61.2 Å². The number of morpholine rings is 1. The summed E-state index contributed by atoms with van der Waals surface area (Å²) in [5.74, 6) is -2.77. The van der Waals surface area contributed by atoms with Crippen LogP contribution in [-0.4, -0.2) is 121 Å². The average Bonchev–Trinajstić information content (AvgIpc) is 3.65. The number of amides is 2. The van der Waals surface area contributed by atoms with Gasteiger partial charge in [-0.1, -0.05) is 49.1 Å². The van der Waals surface area contributed by atoms with Crippen molar-refractivity contribution in [3.63, 3.8) is 0 Å². The van der Waals surface area contributed by atoms with Gasteiger partial charge in [-0.2, -0.15) is 0 Å². The lowest BCUT2D eigenvalue weighted by Gasteiger charge is -2.40. The first-order chi connectivity index (χ1) is 19.9. The number of likely N-dealkylation sites (tertiary alicyclic amines) is 1. The van der Waals surface area contributed by atoms with Crippen molar-refractivity contribution in [2.24, 2.45) is 11.8 Å². The smallest absolute Gasteiger partial charge is 0.312 e. The number of carbonyl (C=O) groups is 3. The minimum atomic E-state index is -1.17. The average molecular weight is 568 g/mol. The molecule has 4 saturated heterocycles. The molecule has 0 saturated carbocycles. The molecule has 6 atom stereocenters. The zero-order valence-electron chi connectivity index (χ0n) is 23.6. The van der Waals surface area contributed by atoms with Gasteiger partial charge in [0.05, 0.1) is 43.8 Å². The summed E-state index contributed by atoms with van der Waals surface area (Å²) in [6, 6.07) is 7.93. The highest BCUT2D eigenvalue weighted by Gasteiger charge is 2.75. The van der Waals surface area contributed by atoms with Gasteiger partial charge in [-0.05, 0) is 24.8 Å². The van der Waals surface area contributed by atoms with Crippen molar-refractivity contribution < 1.29 is 33.7 Å². The van der Waals surface area contributed by atoms with E-state index in [1.165, 1.54) is 11.0 Å². The monoisotopic (exact) mass is 567 g/mol. The highest BCUT2D eigenvalue weighted by atomic mass is 16.6. The third-order valence-corrected chi connectivity index (χ3v) is 8.96. The SMILES string of the molecule is C=CCOC(=O)[C@@H]1[C@@H]2CCC3(O2)C(C(=O)N(CC=C)CCN2CCOCC2)N([C@@H](CO)Cc2ccccc2)C(=O)[C@H]13. The summed E-state index contributed by atoms with van der Waals surface area (Å²) in [6.45, 7) is 11.5. The largest absolute Gasteiger partial charge is 0.461 e. The third-order valence-electron chi connectivity index (χ3n) is 8.96. The van der Waals surface area contributed by atoms with E-state index in [2.05, 4.69) is 18.1 Å². The standard InChI is InChI=1S/C31H41N3O7/c1-3-12-33(14-13-32-15-18-39-19-16-32)29(37)27-31-11-10-24(41-31)25(30(38)40-17-4-2)26(31)28(36)34(27)23(21-35)20-22-8-6-5-7-9-22/h3-9,23-27,35H,1-2,10-21H2/t23-,24+,25-,26+,27?,31?/m1/s1. The molecule has 1 N–H and O–H groups in total. The van der Waals surface area contributed by atoms with Crippen LogP contribution in [0.1, 0.15) is 18.4 Å². The number of nitrogens with zero attached hydrogens (tertiary/aromatic N) is 3. The predicted molar refractivity (Wildman–Crippen MR) is 151 cm³/mol. The predicted octanol–water partition coefficient (Wildman–Crippen LogP) is 1.04. The topological polar surface area (TPSA) is 109 Å². The molecule has 0 radical (unpaired) electrons. The summed E-state index contributed by atoms with van der Waals surface area (Å²) in [5.41, 5.74) is -0.235. The van der Waals surface area contributed by atoms with E-state index >= 15 is 0 Å². The maximum atomic E-state index is 14.6. The summed E-state index contributed by atoms with van der Waals surface area (Å²) in [6.07, 6.45) is 4.05. The molecule has 222 valence electrons. The van der Waals surface area contributed by atoms with Crippen LogP contribution >= 0.6 is 0 Å². The molecule has 2 bridgehead atoms. The lowest BCUT2D eigenvalue weighted by molar-refractivity contribution is -0.155. The fourth-order valence-corrected chi connectivity index (χ4v) is 7.11. The van der Waals surface area contributed by atoms with Gasteiger partial charge in [0.1, 0.15) is 18.2 Å². The molecule has 4 aliphatic heterocycles. The first-order valence-corrected chi connectivity index (χ1v) is 14.6. The molecule has 1 spiro atoms. The van der Waals surface area contributed by atoms with Crippen molar-refractivity contribution in [2.75, 3.05) is 59.2 Å². The molecule has 41 heavy (non-hydrogen) atoms. The number of aliphatic hydroxyl groups excluding tert-OH is 1. The van der Waals surface area contributed by atoms with Gasteiger partial charge < -0.3 is 29.1 Å². The van der Waals surface area contributed by atoms with Crippen molar-refractivity contribution in [1.29, 1.82) is 0 Å². The van der Waals surface area contributed by atoms with Gasteiger partial charge in [-0.25, -0.2) is 0 Å². The summed E-state index contributed by atoms with van der Waals surface area (Å²) in [5, 5.41) is 10.6. The molecule has 10 heteroatoms. The van der Waals surface area contributed by atoms with Gasteiger partial charge in [-0.15, -0.1) is 6.58 Å². The number of esters is 1. The quantitative estimate of drug-likeness (QED) is 0.278. The summed E-state index contributed by atoms with van der Waals surface area (Å²) in [4.78, 5) is 47.6. The minimum absolute atomic E-state index is 0.0317. The Morgan fingerprint density at radius 3 is 2.63 bits per heavy atom. The summed E-state index contributed by atoms with van der Waals surface area (Å²) < 4.78 is 17.4. The van der Waals surface area contributed by atoms with E-state index < -0.39 is 41.6 Å². The van der Waals surface area contributed by atoms with Crippen molar-refractivity contribution in [2.45, 2.75) is 43.1 Å². The lowest BCUT2D eigenvalue weighted by Crippen LogP contribution is -2.59. The Hall–Kier alpha value is -3.05. The zero-order chi connectivity index (χ0) is 29.0. The van der Waals surface area contributed by atoms with Gasteiger partial charge in [0.2, 0.25) is 11.8 Å². The van der Waals surface area contributed by atoms with E-state index in [0.29, 0.717) is 52.1 Å². The summed E-state index contributed by atoms with van der Waals surface area (Å²) >= 11 is 0. The third kappa shape index (κ3) is 5.58. The van der Waals surface area contributed by atoms with Crippen LogP contribution in [0.25, 0.3) is 0 Å². The Bertz CT molecular complexity index is 1120. The van der Waals surface area contributed by atoms with Crippen LogP contribution in [0.15, 0.2) is 55.6 Å². The van der Waals surface area contributed by atoms with Crippen LogP contribution < -0.4 is 0 Å². The molecule has 0 aromatic heterocycles. The molecule has 5 rings (SSSR count). The first-order valence-electron chi connectivity index (χ1n) is 14.6. The van der Waals surface area contributed by atoms with E-state index in [-0.39, 0.29) is 25.0 Å². The van der Waals surface area contributed by atoms with Crippen molar-refractivity contribution in [1.82, 2.24) is 14.7 Å². The Morgan fingerprint density at radius 1 is 1.20 bits per heavy atom. The molecule has 0 aliphatic carbocycles. The zero-order valence-corrected chi connectivity index (χ0v) is 23.6. The fraction of sp³-hybridized carbons (Fsp3) is 0.581. The second-order valence-corrected chi connectivity index (χ2v) is 11.3. The Labute approximate surface area is 241 Å². The van der Waals surface area contributed by atoms with Crippen LogP contribution in [0.4, 0.5) is 0 Å². The number of benzene rings is 1. The Kier molecular flexibility index (Phi) is 9.23. The van der Waals surface area contributed by atoms with Gasteiger partial charge in [0.15, 0.2) is 0 Å². The van der Waals surface area contributed by atoms with Gasteiger partial charge in [0.25, 0.3) is 0 Å². The van der Waals surface area contributed by atoms with E-state index in [0.717, 1.165) is 18.7 Å². The van der Waals surface area contributed by atoms with E-state index in [4.69, 9.17) is 14.2 Å². The number of carbonyl (C=O) groups excluding carboxylic acids is 3. The Morgan fingerprint density at radius 2 is 1.95 bits per heavy atom. The molecule has 4 fully saturated rings. The number of aliphatic hydroxyl groups is 1. The first kappa shape index (κ1) is 29.4. The highest BCUT2D eigenvalue weighted by Crippen LogP contribution is 2.59. The highest BCUT2D eigenvalue weighted by molar-refractivity contribution is 5.98. The number of fused-ring (bicyclic) bond motifs is 1. The van der Waals surface area contributed by atoms with E-state index in [9.17, 15) is 19.5 Å². The van der Waals surface area contributed by atoms with Crippen LogP contribution in [0, 0.1) is 11.8 Å². The van der Waals surface area contributed by atoms with Crippen LogP contribution in [-0.2, 0) is 35.0 Å². The van der Waals surface area contributed by atoms with Crippen LogP contribution in [0.2, 0.25) is 0 Å². The summed E-state index contributed by atoms with van der Waals surface area (Å²) in [7, 11) is 0. The fourth-order valence-electron chi connectivity index (χ4n) is 7.11. The van der Waals surface area contributed by atoms with E-state index in [1.807, 2.05) is 30.3 Å². The number of hydrogen-bond acceptors (Lipinski definition) is 8. The molecule has 2 amide bonds. The lowest BCUT2D eigenvalue weighted by atomic mass is 9.70. The van der Waals surface area contributed by atoms with Crippen LogP contribution in [0.5, 0.6) is 0 Å². The molecular weight excluding hydrogens is 526 g/mol. The second-order valence-electron chi connectivity index (χ2n) is 11.3. The number of rotatable bonds is 13. The van der Waals surface area contributed by atoms with Crippen LogP contribution in [0.3, 0.4) is 0 Å². The molecule has 10 nitrogen and oxygen atoms in total. The van der Waals surface area contributed by atoms with Gasteiger partial charge >= 0.3 is 5.97 Å². The van der Waals surface area contributed by atoms with Gasteiger partial charge in [-0.3, -0.25) is 19.3 Å². The maximum absolute atomic E-state index is 14.6. The van der Waals surface area contributed by atoms with Crippen molar-refractivity contribution in [3.8, 4) is 0 Å². The molecule has 2 unspecified atom stereocenters. The van der Waals surface area contributed by atoms with E-state index in [1.54, 1.807) is 11.0 Å². The number of hydrogen-bond donors (Lipinski definition) is 1. The normalized spacial score (nSPS) is 29.7. The maximum Gasteiger partial charge on any atom is 0.312 e. The number of ether oxygens (including phenoxy) is 3. The van der Waals surface area contributed by atoms with Crippen molar-refractivity contribution >= 4 is 17.8 Å². The molecule has 1 aromatic rings. The molecular formula is C31H41N3O7. The molecule has 4 heterocycles. The second kappa shape index (κ2) is 12.9. The Balaban J connectivity index is 1.49.